The zero-order valence-electron chi connectivity index (χ0n) is 8.67. The topological polar surface area (TPSA) is 61.4 Å². The second-order valence-electron chi connectivity index (χ2n) is 3.45. The molecule has 2 amide bonds. The molecule has 1 aliphatic heterocycles. The van der Waals surface area contributed by atoms with Crippen LogP contribution in [0.15, 0.2) is 0 Å². The van der Waals surface area contributed by atoms with Gasteiger partial charge in [0.2, 0.25) is 11.8 Å². The molecule has 1 heterocycles. The molecule has 1 unspecified atom stereocenters. The number of hydrogen-bond acceptors (Lipinski definition) is 3. The molecule has 14 heavy (non-hydrogen) atoms. The van der Waals surface area contributed by atoms with Crippen LogP contribution < -0.4 is 10.6 Å². The van der Waals surface area contributed by atoms with Crippen LogP contribution in [0.25, 0.3) is 0 Å². The Morgan fingerprint density at radius 3 is 2.86 bits per heavy atom. The molecule has 0 spiro atoms. The van der Waals surface area contributed by atoms with Gasteiger partial charge in [0, 0.05) is 40.0 Å². The molecule has 2 N–H and O–H groups in total. The molecule has 0 saturated carbocycles. The molecule has 1 fully saturated rings. The minimum Gasteiger partial charge on any atom is -0.359 e. The van der Waals surface area contributed by atoms with Crippen molar-refractivity contribution in [1.29, 1.82) is 0 Å². The van der Waals surface area contributed by atoms with Crippen molar-refractivity contribution < 1.29 is 9.59 Å². The molecular weight excluding hydrogens is 182 g/mol. The molecule has 80 valence electrons. The summed E-state index contributed by atoms with van der Waals surface area (Å²) >= 11 is 0. The zero-order valence-corrected chi connectivity index (χ0v) is 8.67. The van der Waals surface area contributed by atoms with Gasteiger partial charge in [0.05, 0.1) is 6.04 Å². The Kier molecular flexibility index (Phi) is 3.88. The van der Waals surface area contributed by atoms with Gasteiger partial charge in [-0.15, -0.1) is 0 Å². The zero-order chi connectivity index (χ0) is 10.6. The van der Waals surface area contributed by atoms with Gasteiger partial charge in [0.1, 0.15) is 0 Å². The van der Waals surface area contributed by atoms with Crippen LogP contribution in [0.3, 0.4) is 0 Å². The van der Waals surface area contributed by atoms with Crippen LogP contribution in [0.2, 0.25) is 0 Å². The average Bonchev–Trinajstić information content (AvgIpc) is 2.18. The molecule has 1 atom stereocenters. The van der Waals surface area contributed by atoms with E-state index in [4.69, 9.17) is 0 Å². The van der Waals surface area contributed by atoms with E-state index in [1.165, 1.54) is 0 Å². The van der Waals surface area contributed by atoms with Gasteiger partial charge in [-0.2, -0.15) is 0 Å². The highest BCUT2D eigenvalue weighted by Crippen LogP contribution is 2.07. The number of nitrogens with one attached hydrogen (secondary N) is 2. The summed E-state index contributed by atoms with van der Waals surface area (Å²) in [5, 5.41) is 5.74. The first kappa shape index (κ1) is 11.0. The number of amides is 2. The van der Waals surface area contributed by atoms with Crippen molar-refractivity contribution in [2.75, 3.05) is 26.7 Å². The maximum atomic E-state index is 11.2. The molecule has 0 aromatic heterocycles. The lowest BCUT2D eigenvalue weighted by atomic mass is 10.1. The highest BCUT2D eigenvalue weighted by Gasteiger charge is 2.25. The first-order valence-corrected chi connectivity index (χ1v) is 4.83. The number of carbonyl (C=O) groups excluding carboxylic acids is 2. The standard InChI is InChI=1S/C9H17N3O2/c1-7(13)12-4-3-11-6-8(12)5-9(14)10-2/h8,11H,3-6H2,1-2H3,(H,10,14). The van der Waals surface area contributed by atoms with Crippen molar-refractivity contribution >= 4 is 11.8 Å². The Morgan fingerprint density at radius 1 is 1.57 bits per heavy atom. The van der Waals surface area contributed by atoms with E-state index < -0.39 is 0 Å². The third-order valence-electron chi connectivity index (χ3n) is 2.45. The fourth-order valence-electron chi connectivity index (χ4n) is 1.67. The van der Waals surface area contributed by atoms with Crippen LogP contribution in [0.5, 0.6) is 0 Å². The van der Waals surface area contributed by atoms with Gasteiger partial charge in [-0.3, -0.25) is 9.59 Å². The molecule has 5 nitrogen and oxygen atoms in total. The predicted molar refractivity (Wildman–Crippen MR) is 52.7 cm³/mol. The summed E-state index contributed by atoms with van der Waals surface area (Å²) < 4.78 is 0. The second-order valence-corrected chi connectivity index (χ2v) is 3.45. The second kappa shape index (κ2) is 4.95. The molecule has 0 aliphatic carbocycles. The van der Waals surface area contributed by atoms with Crippen LogP contribution in [0, 0.1) is 0 Å². The summed E-state index contributed by atoms with van der Waals surface area (Å²) in [4.78, 5) is 24.2. The lowest BCUT2D eigenvalue weighted by Gasteiger charge is -2.35. The number of rotatable bonds is 2. The summed E-state index contributed by atoms with van der Waals surface area (Å²) in [6.07, 6.45) is 0.378. The van der Waals surface area contributed by atoms with Crippen LogP contribution >= 0.6 is 0 Å². The van der Waals surface area contributed by atoms with Crippen molar-refractivity contribution in [2.45, 2.75) is 19.4 Å². The van der Waals surface area contributed by atoms with E-state index in [1.54, 1.807) is 18.9 Å². The van der Waals surface area contributed by atoms with E-state index in [1.807, 2.05) is 0 Å². The summed E-state index contributed by atoms with van der Waals surface area (Å²) in [5.74, 6) is 0.0188. The van der Waals surface area contributed by atoms with Crippen molar-refractivity contribution in [2.24, 2.45) is 0 Å². The highest BCUT2D eigenvalue weighted by molar-refractivity contribution is 5.78. The minimum atomic E-state index is -0.0232. The Hall–Kier alpha value is -1.10. The van der Waals surface area contributed by atoms with Crippen molar-refractivity contribution in [3.05, 3.63) is 0 Å². The lowest BCUT2D eigenvalue weighted by Crippen LogP contribution is -2.54. The molecular formula is C9H17N3O2. The van der Waals surface area contributed by atoms with Crippen molar-refractivity contribution in [1.82, 2.24) is 15.5 Å². The van der Waals surface area contributed by atoms with Gasteiger partial charge in [-0.1, -0.05) is 0 Å². The SMILES string of the molecule is CNC(=O)CC1CNCCN1C(C)=O. The molecule has 0 bridgehead atoms. The first-order valence-electron chi connectivity index (χ1n) is 4.83. The smallest absolute Gasteiger partial charge is 0.221 e. The maximum absolute atomic E-state index is 11.2. The largest absolute Gasteiger partial charge is 0.359 e. The summed E-state index contributed by atoms with van der Waals surface area (Å²) in [5.41, 5.74) is 0. The van der Waals surface area contributed by atoms with E-state index in [0.717, 1.165) is 6.54 Å². The molecule has 1 rings (SSSR count). The lowest BCUT2D eigenvalue weighted by molar-refractivity contribution is -0.133. The van der Waals surface area contributed by atoms with Crippen LogP contribution in [-0.4, -0.2) is 49.4 Å². The molecule has 1 saturated heterocycles. The Balaban J connectivity index is 2.54. The number of hydrogen-bond donors (Lipinski definition) is 2. The van der Waals surface area contributed by atoms with Gasteiger partial charge in [-0.05, 0) is 0 Å². The maximum Gasteiger partial charge on any atom is 0.221 e. The van der Waals surface area contributed by atoms with E-state index >= 15 is 0 Å². The fraction of sp³-hybridized carbons (Fsp3) is 0.778. The Labute approximate surface area is 83.8 Å². The van der Waals surface area contributed by atoms with Crippen LogP contribution in [0.1, 0.15) is 13.3 Å². The summed E-state index contributed by atoms with van der Waals surface area (Å²) in [6, 6.07) is 0.00111. The number of nitrogens with zero attached hydrogens (tertiary/aromatic N) is 1. The normalized spacial score (nSPS) is 21.9. The third-order valence-corrected chi connectivity index (χ3v) is 2.45. The van der Waals surface area contributed by atoms with Gasteiger partial charge in [-0.25, -0.2) is 0 Å². The van der Waals surface area contributed by atoms with E-state index in [9.17, 15) is 9.59 Å². The summed E-state index contributed by atoms with van der Waals surface area (Å²) in [6.45, 7) is 3.75. The van der Waals surface area contributed by atoms with E-state index in [0.29, 0.717) is 19.5 Å². The molecule has 0 radical (unpaired) electrons. The molecule has 1 aliphatic rings. The summed E-state index contributed by atoms with van der Waals surface area (Å²) in [7, 11) is 1.61. The Bertz CT molecular complexity index is 230. The first-order chi connectivity index (χ1) is 6.65. The Morgan fingerprint density at radius 2 is 2.29 bits per heavy atom. The third kappa shape index (κ3) is 2.70. The predicted octanol–water partition coefficient (Wildman–Crippen LogP) is -1.06. The average molecular weight is 199 g/mol. The van der Waals surface area contributed by atoms with Crippen molar-refractivity contribution in [3.8, 4) is 0 Å². The van der Waals surface area contributed by atoms with Gasteiger partial charge < -0.3 is 15.5 Å². The van der Waals surface area contributed by atoms with Crippen molar-refractivity contribution in [3.63, 3.8) is 0 Å². The van der Waals surface area contributed by atoms with Gasteiger partial charge in [0.15, 0.2) is 0 Å². The van der Waals surface area contributed by atoms with Gasteiger partial charge in [0.25, 0.3) is 0 Å². The van der Waals surface area contributed by atoms with Crippen LogP contribution in [0.4, 0.5) is 0 Å². The highest BCUT2D eigenvalue weighted by atomic mass is 16.2. The molecule has 0 aromatic rings. The molecule has 0 aromatic carbocycles. The minimum absolute atomic E-state index is 0.00111. The molecule has 5 heteroatoms. The van der Waals surface area contributed by atoms with Crippen LogP contribution in [-0.2, 0) is 9.59 Å². The monoisotopic (exact) mass is 199 g/mol. The fourth-order valence-corrected chi connectivity index (χ4v) is 1.67. The quantitative estimate of drug-likeness (QED) is 0.596. The number of carbonyl (C=O) groups is 2. The van der Waals surface area contributed by atoms with E-state index in [2.05, 4.69) is 10.6 Å². The van der Waals surface area contributed by atoms with E-state index in [-0.39, 0.29) is 17.9 Å². The number of piperazine rings is 1. The van der Waals surface area contributed by atoms with Gasteiger partial charge >= 0.3 is 0 Å².